The molecule has 28 heteroatoms. The maximum atomic E-state index is 15.3. The highest BCUT2D eigenvalue weighted by molar-refractivity contribution is 7.15. The number of hydrogen-bond acceptors (Lipinski definition) is 22. The molecule has 0 spiro atoms. The molecule has 5 amide bonds. The molecule has 462 valence electrons. The summed E-state index contributed by atoms with van der Waals surface area (Å²) in [4.78, 5) is 133. The molecule has 8 N–H and O–H groups in total. The number of rotatable bonds is 10. The largest absolute Gasteiger partial charge is 0.481 e. The van der Waals surface area contributed by atoms with Crippen molar-refractivity contribution in [1.82, 2.24) is 55.7 Å². The van der Waals surface area contributed by atoms with Crippen molar-refractivity contribution in [3.05, 3.63) is 153 Å². The Kier molecular flexibility index (Phi) is 18.1. The zero-order valence-electron chi connectivity index (χ0n) is 48.4. The molecular formula is C62H58N12O10S6. The fourth-order valence-electron chi connectivity index (χ4n) is 11.4. The minimum atomic E-state index is -1.29. The lowest BCUT2D eigenvalue weighted by molar-refractivity contribution is -0.143. The van der Waals surface area contributed by atoms with Crippen molar-refractivity contribution in [2.45, 2.75) is 108 Å². The summed E-state index contributed by atoms with van der Waals surface area (Å²) in [7, 11) is 0. The van der Waals surface area contributed by atoms with Gasteiger partial charge in [-0.2, -0.15) is 0 Å². The molecule has 3 aliphatic rings. The first-order chi connectivity index (χ1) is 43.3. The number of thiazole rings is 6. The number of pyridine rings is 1. The first-order valence-corrected chi connectivity index (χ1v) is 34.0. The van der Waals surface area contributed by atoms with Gasteiger partial charge >= 0.3 is 5.97 Å². The normalized spacial score (nSPS) is 21.9. The number of aliphatic carboxylic acids is 1. The molecule has 1 aliphatic carbocycles. The van der Waals surface area contributed by atoms with Gasteiger partial charge < -0.3 is 41.9 Å². The van der Waals surface area contributed by atoms with Crippen LogP contribution in [0.4, 0.5) is 0 Å². The Morgan fingerprint density at radius 2 is 1.33 bits per heavy atom. The molecule has 7 aromatic heterocycles. The molecule has 0 radical (unpaired) electrons. The summed E-state index contributed by atoms with van der Waals surface area (Å²) < 4.78 is 0. The monoisotopic (exact) mass is 1320 g/mol. The van der Waals surface area contributed by atoms with Crippen molar-refractivity contribution in [3.63, 3.8) is 0 Å². The van der Waals surface area contributed by atoms with E-state index in [0.29, 0.717) is 84.5 Å². The number of hydrogen-bond donors (Lipinski definition) is 7. The number of aliphatic hydroxyl groups excluding tert-OH is 2. The standard InChI is InChI=1S/C62H58N12O10S6/c1-28-9-11-31(12-10-28)19-39-61(82)74-22-46(76)29(2)50(74)60-72-44(27-89-60)58-68-40(23-87-58)49-35(17-18-37(65-49)57-71-41(26-88-57)52(79)64-34-15-13-33(14-16-34)62(83)84)55-69-42(24-85-55)53(80)66-38(21-47(63)77)59-73-48(30(3)90-59)45(75)20-36(51(78)32-7-5-4-6-8-32)56-70-43(25-86-56)54(81)67-39/h4-12,17-18,23-27,29,33-34,36,38-39,46,50-51,76,78H,13-16,19-22H2,1-3H3,(H2,63,77)(H,64,79)(H,66,80)(H,67,81)(H,83,84)/t29-,33?,34?,36-,38-,39-,46-,50-,51+/m0/s1. The van der Waals surface area contributed by atoms with Crippen LogP contribution in [0.1, 0.15) is 148 Å². The number of carboxylic acid groups (broad SMARTS) is 1. The van der Waals surface area contributed by atoms with Crippen LogP contribution in [0.15, 0.2) is 93.6 Å². The molecule has 12 rings (SSSR count). The Morgan fingerprint density at radius 3 is 2.08 bits per heavy atom. The quantitative estimate of drug-likeness (QED) is 0.0671. The lowest BCUT2D eigenvalue weighted by Gasteiger charge is -2.29. The van der Waals surface area contributed by atoms with Crippen LogP contribution in [0.5, 0.6) is 0 Å². The Morgan fingerprint density at radius 1 is 0.689 bits per heavy atom. The van der Waals surface area contributed by atoms with Crippen LogP contribution < -0.4 is 21.7 Å². The SMILES string of the molecule is Cc1ccc(C[C@@H]2NC(=O)c3csc(n3)[C@H]([C@H](O)c3ccccc3)CC(=O)c3nc(sc3C)[C@H](CC(N)=O)NC(=O)c3csc(n3)-c3ccc(-c4nc(C(=O)NC5CCC(C(=O)O)CC5)cs4)nc3-c3csc(n3)-c3csc(n3)[C@@H]3[C@@H](C)[C@@H](O)CN3C2=O)cc1. The fourth-order valence-corrected chi connectivity index (χ4v) is 16.8. The van der Waals surface area contributed by atoms with Crippen molar-refractivity contribution in [2.24, 2.45) is 17.6 Å². The summed E-state index contributed by atoms with van der Waals surface area (Å²) in [5.74, 6) is -6.20. The Balaban J connectivity index is 0.931. The molecule has 2 aromatic carbocycles. The van der Waals surface area contributed by atoms with Crippen molar-refractivity contribution in [2.75, 3.05) is 6.54 Å². The highest BCUT2D eigenvalue weighted by Crippen LogP contribution is 2.44. The highest BCUT2D eigenvalue weighted by Gasteiger charge is 2.46. The molecule has 1 saturated carbocycles. The van der Waals surface area contributed by atoms with Crippen LogP contribution in [0.2, 0.25) is 0 Å². The van der Waals surface area contributed by atoms with Gasteiger partial charge in [0.05, 0.1) is 47.3 Å². The number of nitrogens with zero attached hydrogens (tertiary/aromatic N) is 8. The number of benzene rings is 2. The number of Topliss-reactive ketones (excluding diaryl/α,β-unsaturated/α-hetero) is 1. The number of carbonyl (C=O) groups is 7. The van der Waals surface area contributed by atoms with Crippen LogP contribution >= 0.6 is 68.0 Å². The number of nitrogens with two attached hydrogens (primary N) is 1. The topological polar surface area (TPSA) is 336 Å². The van der Waals surface area contributed by atoms with Gasteiger partial charge in [0.15, 0.2) is 5.78 Å². The molecule has 22 nitrogen and oxygen atoms in total. The summed E-state index contributed by atoms with van der Waals surface area (Å²) in [6.07, 6.45) is -0.869. The second kappa shape index (κ2) is 26.3. The number of fused-ring (bicyclic) bond motifs is 16. The predicted octanol–water partition coefficient (Wildman–Crippen LogP) is 9.15. The second-order valence-electron chi connectivity index (χ2n) is 22.5. The van der Waals surface area contributed by atoms with Gasteiger partial charge in [-0.25, -0.2) is 34.9 Å². The van der Waals surface area contributed by atoms with Crippen molar-refractivity contribution < 1.29 is 48.9 Å². The van der Waals surface area contributed by atoms with Gasteiger partial charge in [-0.15, -0.1) is 68.0 Å². The van der Waals surface area contributed by atoms with E-state index in [0.717, 1.165) is 45.1 Å². The lowest BCUT2D eigenvalue weighted by Crippen LogP contribution is -2.50. The summed E-state index contributed by atoms with van der Waals surface area (Å²) >= 11 is 7.12. The van der Waals surface area contributed by atoms with Crippen LogP contribution in [0.25, 0.3) is 43.4 Å². The minimum Gasteiger partial charge on any atom is -0.481 e. The Labute approximate surface area is 538 Å². The van der Waals surface area contributed by atoms with Gasteiger partial charge in [0.1, 0.15) is 70.9 Å². The molecule has 2 fully saturated rings. The molecule has 9 aromatic rings. The summed E-state index contributed by atoms with van der Waals surface area (Å²) in [6, 6.07) is 16.7. The molecule has 0 unspecified atom stereocenters. The third kappa shape index (κ3) is 13.2. The van der Waals surface area contributed by atoms with E-state index >= 15 is 4.79 Å². The number of aliphatic hydroxyl groups is 2. The van der Waals surface area contributed by atoms with Gasteiger partial charge in [-0.1, -0.05) is 67.1 Å². The average Bonchev–Trinajstić information content (AvgIpc) is 1.85. The van der Waals surface area contributed by atoms with Crippen molar-refractivity contribution >= 4 is 109 Å². The average molecular weight is 1320 g/mol. The van der Waals surface area contributed by atoms with E-state index in [4.69, 9.17) is 35.6 Å². The number of aryl methyl sites for hydroxylation is 2. The van der Waals surface area contributed by atoms with Gasteiger partial charge in [0.2, 0.25) is 11.8 Å². The smallest absolute Gasteiger partial charge is 0.306 e. The van der Waals surface area contributed by atoms with E-state index in [1.807, 2.05) is 43.5 Å². The zero-order valence-corrected chi connectivity index (χ0v) is 53.3. The molecule has 9 heterocycles. The second-order valence-corrected chi connectivity index (χ2v) is 28.1. The zero-order chi connectivity index (χ0) is 63.1. The minimum absolute atomic E-state index is 0.0106. The number of aromatic nitrogens is 7. The van der Waals surface area contributed by atoms with E-state index in [1.165, 1.54) is 39.4 Å². The maximum Gasteiger partial charge on any atom is 0.306 e. The Bertz CT molecular complexity index is 4210. The first kappa shape index (κ1) is 62.0. The molecule has 2 aliphatic heterocycles. The number of carboxylic acids is 1. The van der Waals surface area contributed by atoms with Crippen molar-refractivity contribution in [3.8, 4) is 43.4 Å². The summed E-state index contributed by atoms with van der Waals surface area (Å²) in [5, 5.41) is 52.6. The van der Waals surface area contributed by atoms with Crippen LogP contribution in [-0.2, 0) is 20.8 Å². The lowest BCUT2D eigenvalue weighted by atomic mass is 9.86. The van der Waals surface area contributed by atoms with Gasteiger partial charge in [0, 0.05) is 74.6 Å². The number of nitrogens with one attached hydrogen (secondary N) is 3. The maximum absolute atomic E-state index is 15.3. The van der Waals surface area contributed by atoms with Gasteiger partial charge in [-0.3, -0.25) is 33.6 Å². The van der Waals surface area contributed by atoms with E-state index in [2.05, 4.69) is 20.9 Å². The molecule has 1 saturated heterocycles. The van der Waals surface area contributed by atoms with E-state index < -0.39 is 89.4 Å². The molecular weight excluding hydrogens is 1270 g/mol. The highest BCUT2D eigenvalue weighted by atomic mass is 32.1. The van der Waals surface area contributed by atoms with Crippen LogP contribution in [-0.4, -0.2) is 121 Å². The van der Waals surface area contributed by atoms with Gasteiger partial charge in [0.25, 0.3) is 17.7 Å². The number of carbonyl (C=O) groups excluding carboxylic acids is 6. The number of amides is 5. The summed E-state index contributed by atoms with van der Waals surface area (Å²) in [6.45, 7) is 5.42. The van der Waals surface area contributed by atoms with E-state index in [-0.39, 0.29) is 64.6 Å². The first-order valence-electron chi connectivity index (χ1n) is 28.8. The third-order valence-corrected chi connectivity index (χ3v) is 21.9. The molecule has 10 bridgehead atoms. The number of ketones is 1. The van der Waals surface area contributed by atoms with E-state index in [1.54, 1.807) is 70.4 Å². The van der Waals surface area contributed by atoms with Crippen LogP contribution in [0, 0.1) is 25.7 Å². The predicted molar refractivity (Wildman–Crippen MR) is 341 cm³/mol. The van der Waals surface area contributed by atoms with Gasteiger partial charge in [-0.05, 0) is 62.8 Å². The molecule has 7 atom stereocenters. The third-order valence-electron chi connectivity index (χ3n) is 16.3. The number of primary amides is 1. The fraction of sp³-hybridized carbons (Fsp3) is 0.323. The van der Waals surface area contributed by atoms with E-state index in [9.17, 15) is 44.1 Å². The summed E-state index contributed by atoms with van der Waals surface area (Å²) in [5.41, 5.74) is 10.3. The van der Waals surface area contributed by atoms with Crippen molar-refractivity contribution in [1.29, 1.82) is 0 Å². The molecule has 90 heavy (non-hydrogen) atoms. The van der Waals surface area contributed by atoms with Crippen LogP contribution in [0.3, 0.4) is 0 Å². The Hall–Kier alpha value is -8.22.